The van der Waals surface area contributed by atoms with Gasteiger partial charge < -0.3 is 14.8 Å². The highest BCUT2D eigenvalue weighted by molar-refractivity contribution is 5.89. The minimum atomic E-state index is -0.809. The van der Waals surface area contributed by atoms with Gasteiger partial charge in [0, 0.05) is 72.7 Å². The molecule has 0 bridgehead atoms. The van der Waals surface area contributed by atoms with E-state index in [2.05, 4.69) is 25.8 Å². The van der Waals surface area contributed by atoms with Crippen LogP contribution in [-0.4, -0.2) is 64.1 Å². The fourth-order valence-electron chi connectivity index (χ4n) is 4.59. The van der Waals surface area contributed by atoms with E-state index >= 15 is 0 Å². The zero-order valence-corrected chi connectivity index (χ0v) is 18.6. The number of H-pyrrole nitrogens is 1. The number of fused-ring (bicyclic) bond motifs is 1. The van der Waals surface area contributed by atoms with Crippen molar-refractivity contribution in [3.8, 4) is 5.75 Å². The van der Waals surface area contributed by atoms with Crippen molar-refractivity contribution in [2.24, 2.45) is 0 Å². The number of methoxy groups -OCH3 is 1. The van der Waals surface area contributed by atoms with Crippen LogP contribution < -0.4 is 4.74 Å². The number of pyridine rings is 1. The molecule has 0 unspecified atom stereocenters. The average Bonchev–Trinajstić information content (AvgIpc) is 3.14. The maximum Gasteiger partial charge on any atom is 0.325 e. The highest BCUT2D eigenvalue weighted by atomic mass is 16.5. The summed E-state index contributed by atoms with van der Waals surface area (Å²) in [6.45, 7) is 9.78. The van der Waals surface area contributed by atoms with E-state index in [1.807, 2.05) is 45.3 Å². The third kappa shape index (κ3) is 4.16. The number of hydrogen-bond donors (Lipinski definition) is 2. The second-order valence-corrected chi connectivity index (χ2v) is 8.39. The Kier molecular flexibility index (Phi) is 5.98. The fraction of sp³-hybridized carbons (Fsp3) is 0.417. The smallest absolute Gasteiger partial charge is 0.325 e. The quantitative estimate of drug-likeness (QED) is 0.633. The minimum Gasteiger partial charge on any atom is -0.496 e. The Hall–Kier alpha value is -2.90. The van der Waals surface area contributed by atoms with Crippen molar-refractivity contribution in [2.75, 3.05) is 33.3 Å². The summed E-state index contributed by atoms with van der Waals surface area (Å²) >= 11 is 0. The van der Waals surface area contributed by atoms with Crippen molar-refractivity contribution in [1.82, 2.24) is 19.8 Å². The van der Waals surface area contributed by atoms with Gasteiger partial charge >= 0.3 is 5.97 Å². The topological polar surface area (TPSA) is 81.7 Å². The molecule has 3 aromatic rings. The van der Waals surface area contributed by atoms with E-state index in [4.69, 9.17) is 4.74 Å². The molecule has 2 N–H and O–H groups in total. The van der Waals surface area contributed by atoms with E-state index < -0.39 is 12.0 Å². The first kappa shape index (κ1) is 21.3. The van der Waals surface area contributed by atoms with Gasteiger partial charge in [0.1, 0.15) is 11.8 Å². The molecule has 1 fully saturated rings. The summed E-state index contributed by atoms with van der Waals surface area (Å²) in [6, 6.07) is 5.45. The summed E-state index contributed by atoms with van der Waals surface area (Å²) in [4.78, 5) is 24.5. The Morgan fingerprint density at radius 1 is 1.23 bits per heavy atom. The number of aromatic amines is 1. The van der Waals surface area contributed by atoms with Gasteiger partial charge in [-0.3, -0.25) is 19.6 Å². The highest BCUT2D eigenvalue weighted by Crippen LogP contribution is 2.31. The highest BCUT2D eigenvalue weighted by Gasteiger charge is 2.32. The molecule has 0 amide bonds. The Bertz CT molecular complexity index is 1100. The largest absolute Gasteiger partial charge is 0.496 e. The van der Waals surface area contributed by atoms with E-state index in [0.29, 0.717) is 13.1 Å². The number of aliphatic carboxylic acids is 1. The molecule has 1 aromatic carbocycles. The first-order valence-electron chi connectivity index (χ1n) is 10.6. The van der Waals surface area contributed by atoms with Crippen LogP contribution in [0.25, 0.3) is 10.9 Å². The van der Waals surface area contributed by atoms with Crippen LogP contribution in [0.1, 0.15) is 34.0 Å². The molecule has 164 valence electrons. The van der Waals surface area contributed by atoms with E-state index in [1.54, 1.807) is 7.11 Å². The molecule has 2 aromatic heterocycles. The third-order valence-corrected chi connectivity index (χ3v) is 6.29. The number of nitrogens with zero attached hydrogens (tertiary/aromatic N) is 3. The van der Waals surface area contributed by atoms with Gasteiger partial charge in [-0.15, -0.1) is 0 Å². The maximum atomic E-state index is 12.3. The Labute approximate surface area is 182 Å². The van der Waals surface area contributed by atoms with Crippen LogP contribution in [0, 0.1) is 20.8 Å². The number of hydrogen-bond acceptors (Lipinski definition) is 5. The Morgan fingerprint density at radius 3 is 2.65 bits per heavy atom. The lowest BCUT2D eigenvalue weighted by Gasteiger charge is -2.37. The van der Waals surface area contributed by atoms with Crippen molar-refractivity contribution < 1.29 is 14.6 Å². The number of aromatic nitrogens is 2. The lowest BCUT2D eigenvalue weighted by Crippen LogP contribution is -2.49. The molecule has 4 rings (SSSR count). The third-order valence-electron chi connectivity index (χ3n) is 6.29. The van der Waals surface area contributed by atoms with E-state index in [9.17, 15) is 9.90 Å². The standard InChI is InChI=1S/C24H30N4O3/c1-15-5-6-20-18(11-15)19(13-26-20)22(24(29)30)28-9-7-27(8-10-28)14-21-17(3)23(31-4)16(2)12-25-21/h5-6,11-13,22,26H,7-10,14H2,1-4H3,(H,29,30)/t22-/m1/s1. The van der Waals surface area contributed by atoms with Crippen molar-refractivity contribution in [1.29, 1.82) is 0 Å². The summed E-state index contributed by atoms with van der Waals surface area (Å²) < 4.78 is 5.53. The molecule has 7 heteroatoms. The maximum absolute atomic E-state index is 12.3. The minimum absolute atomic E-state index is 0.656. The van der Waals surface area contributed by atoms with Gasteiger partial charge in [-0.1, -0.05) is 11.6 Å². The summed E-state index contributed by atoms with van der Waals surface area (Å²) in [6.07, 6.45) is 3.71. The van der Waals surface area contributed by atoms with E-state index in [0.717, 1.165) is 64.2 Å². The van der Waals surface area contributed by atoms with Crippen molar-refractivity contribution in [2.45, 2.75) is 33.4 Å². The van der Waals surface area contributed by atoms with Gasteiger partial charge in [0.25, 0.3) is 0 Å². The van der Waals surface area contributed by atoms with Gasteiger partial charge in [0.05, 0.1) is 12.8 Å². The number of aryl methyl sites for hydroxylation is 2. The van der Waals surface area contributed by atoms with Crippen LogP contribution in [0.4, 0.5) is 0 Å². The molecule has 1 aliphatic rings. The van der Waals surface area contributed by atoms with Crippen LogP contribution in [0.5, 0.6) is 5.75 Å². The van der Waals surface area contributed by atoms with Crippen LogP contribution >= 0.6 is 0 Å². The average molecular weight is 423 g/mol. The number of rotatable bonds is 6. The number of carboxylic acids is 1. The van der Waals surface area contributed by atoms with Gasteiger partial charge in [-0.2, -0.15) is 0 Å². The van der Waals surface area contributed by atoms with E-state index in [1.165, 1.54) is 0 Å². The summed E-state index contributed by atoms with van der Waals surface area (Å²) in [7, 11) is 1.69. The number of nitrogens with one attached hydrogen (secondary N) is 1. The van der Waals surface area contributed by atoms with Crippen LogP contribution in [0.2, 0.25) is 0 Å². The normalized spacial score (nSPS) is 16.5. The summed E-state index contributed by atoms with van der Waals surface area (Å²) in [5.74, 6) is 0.0841. The number of carboxylic acid groups (broad SMARTS) is 1. The Morgan fingerprint density at radius 2 is 1.97 bits per heavy atom. The monoisotopic (exact) mass is 422 g/mol. The second-order valence-electron chi connectivity index (χ2n) is 8.39. The van der Waals surface area contributed by atoms with Crippen molar-refractivity contribution in [3.63, 3.8) is 0 Å². The predicted molar refractivity (Wildman–Crippen MR) is 121 cm³/mol. The molecule has 3 heterocycles. The predicted octanol–water partition coefficient (Wildman–Crippen LogP) is 3.44. The van der Waals surface area contributed by atoms with E-state index in [-0.39, 0.29) is 0 Å². The molecule has 1 saturated heterocycles. The SMILES string of the molecule is COc1c(C)cnc(CN2CCN([C@@H](C(=O)O)c3c[nH]c4ccc(C)cc34)CC2)c1C. The molecular weight excluding hydrogens is 392 g/mol. The molecule has 0 aliphatic carbocycles. The molecule has 0 saturated carbocycles. The van der Waals surface area contributed by atoms with Crippen LogP contribution in [0.3, 0.4) is 0 Å². The molecule has 31 heavy (non-hydrogen) atoms. The summed E-state index contributed by atoms with van der Waals surface area (Å²) in [5.41, 5.74) is 6.05. The lowest BCUT2D eigenvalue weighted by atomic mass is 10.0. The number of ether oxygens (including phenoxy) is 1. The first-order chi connectivity index (χ1) is 14.9. The molecule has 0 spiro atoms. The Balaban J connectivity index is 1.49. The molecular formula is C24H30N4O3. The van der Waals surface area contributed by atoms with Gasteiger partial charge in [0.15, 0.2) is 0 Å². The van der Waals surface area contributed by atoms with Crippen molar-refractivity contribution in [3.05, 3.63) is 58.5 Å². The molecule has 1 aliphatic heterocycles. The fourth-order valence-corrected chi connectivity index (χ4v) is 4.59. The van der Waals surface area contributed by atoms with Crippen molar-refractivity contribution >= 4 is 16.9 Å². The van der Waals surface area contributed by atoms with Gasteiger partial charge in [-0.05, 0) is 32.9 Å². The zero-order valence-electron chi connectivity index (χ0n) is 18.6. The van der Waals surface area contributed by atoms with Crippen LogP contribution in [-0.2, 0) is 11.3 Å². The number of piperazine rings is 1. The molecule has 0 radical (unpaired) electrons. The second kappa shape index (κ2) is 8.69. The lowest BCUT2D eigenvalue weighted by molar-refractivity contribution is -0.144. The zero-order chi connectivity index (χ0) is 22.1. The van der Waals surface area contributed by atoms with Crippen LogP contribution in [0.15, 0.2) is 30.6 Å². The number of benzene rings is 1. The van der Waals surface area contributed by atoms with Gasteiger partial charge in [0.2, 0.25) is 0 Å². The molecule has 7 nitrogen and oxygen atoms in total. The number of carbonyl (C=O) groups is 1. The summed E-state index contributed by atoms with van der Waals surface area (Å²) in [5, 5.41) is 11.0. The molecule has 1 atom stereocenters. The first-order valence-corrected chi connectivity index (χ1v) is 10.6. The van der Waals surface area contributed by atoms with Gasteiger partial charge in [-0.25, -0.2) is 0 Å².